The summed E-state index contributed by atoms with van der Waals surface area (Å²) in [4.78, 5) is 15.9. The summed E-state index contributed by atoms with van der Waals surface area (Å²) in [6, 6.07) is 5.38. The fraction of sp³-hybridized carbons (Fsp3) is 0.214. The Hall–Kier alpha value is -2.97. The van der Waals surface area contributed by atoms with Crippen molar-refractivity contribution in [1.29, 1.82) is 0 Å². The molecule has 0 bridgehead atoms. The molecule has 0 radical (unpaired) electrons. The molecule has 1 aromatic carbocycles. The lowest BCUT2D eigenvalue weighted by atomic mass is 9.94. The van der Waals surface area contributed by atoms with Crippen LogP contribution in [0.4, 0.5) is 14.7 Å². The molecule has 1 aromatic heterocycles. The molecular weight excluding hydrogens is 308 g/mol. The molecule has 3 N–H and O–H groups in total. The van der Waals surface area contributed by atoms with Crippen molar-refractivity contribution in [3.63, 3.8) is 0 Å². The number of alkyl halides is 2. The van der Waals surface area contributed by atoms with Crippen molar-refractivity contribution < 1.29 is 18.3 Å². The highest BCUT2D eigenvalue weighted by Gasteiger charge is 2.34. The molecule has 0 saturated heterocycles. The minimum Gasteiger partial charge on any atom is -0.434 e. The van der Waals surface area contributed by atoms with Crippen LogP contribution in [0.25, 0.3) is 0 Å². The lowest BCUT2D eigenvalue weighted by Gasteiger charge is -2.28. The van der Waals surface area contributed by atoms with E-state index in [-0.39, 0.29) is 11.3 Å². The Kier molecular flexibility index (Phi) is 3.68. The third-order valence-corrected chi connectivity index (χ3v) is 3.49. The first kappa shape index (κ1) is 14.9. The fourth-order valence-electron chi connectivity index (χ4n) is 2.61. The number of carbonyl (C=O) groups is 1. The predicted molar refractivity (Wildman–Crippen MR) is 76.8 cm³/mol. The number of hydrogen-bond donors (Lipinski definition) is 2. The molecule has 1 amide bonds. The highest BCUT2D eigenvalue weighted by molar-refractivity contribution is 5.95. The van der Waals surface area contributed by atoms with Crippen molar-refractivity contribution in [3.8, 4) is 5.75 Å². The van der Waals surface area contributed by atoms with Crippen LogP contribution < -0.4 is 15.8 Å². The monoisotopic (exact) mass is 321 g/mol. The zero-order valence-corrected chi connectivity index (χ0v) is 12.0. The first-order valence-electron chi connectivity index (χ1n) is 6.70. The van der Waals surface area contributed by atoms with E-state index in [1.807, 2.05) is 0 Å². The van der Waals surface area contributed by atoms with Crippen LogP contribution in [0.3, 0.4) is 0 Å². The summed E-state index contributed by atoms with van der Waals surface area (Å²) < 4.78 is 31.3. The van der Waals surface area contributed by atoms with Gasteiger partial charge in [0.1, 0.15) is 18.1 Å². The third-order valence-electron chi connectivity index (χ3n) is 3.49. The number of benzene rings is 1. The number of amides is 1. The molecule has 9 heteroatoms. The summed E-state index contributed by atoms with van der Waals surface area (Å²) in [5.41, 5.74) is 6.50. The topological polar surface area (TPSA) is 95.1 Å². The molecule has 0 fully saturated rings. The van der Waals surface area contributed by atoms with E-state index in [0.29, 0.717) is 17.2 Å². The number of nitrogens with one attached hydrogen (secondary N) is 1. The zero-order chi connectivity index (χ0) is 16.6. The lowest BCUT2D eigenvalue weighted by Crippen LogP contribution is -2.32. The second-order valence-corrected chi connectivity index (χ2v) is 4.88. The van der Waals surface area contributed by atoms with Gasteiger partial charge in [-0.3, -0.25) is 4.79 Å². The number of nitrogens with zero attached hydrogens (tertiary/aromatic N) is 3. The highest BCUT2D eigenvalue weighted by atomic mass is 19.3. The maximum Gasteiger partial charge on any atom is 0.387 e. The summed E-state index contributed by atoms with van der Waals surface area (Å²) in [7, 11) is 0. The van der Waals surface area contributed by atoms with Gasteiger partial charge in [0.25, 0.3) is 0 Å². The lowest BCUT2D eigenvalue weighted by molar-refractivity contribution is -0.115. The molecule has 23 heavy (non-hydrogen) atoms. The zero-order valence-electron chi connectivity index (χ0n) is 12.0. The molecule has 120 valence electrons. The van der Waals surface area contributed by atoms with Gasteiger partial charge in [-0.25, -0.2) is 4.68 Å². The number of primary amides is 1. The Morgan fingerprint density at radius 3 is 2.87 bits per heavy atom. The number of allylic oxidation sites excluding steroid dienone is 1. The minimum absolute atomic E-state index is 0.0533. The van der Waals surface area contributed by atoms with E-state index in [1.54, 1.807) is 25.1 Å². The van der Waals surface area contributed by atoms with Crippen molar-refractivity contribution in [2.75, 3.05) is 5.32 Å². The van der Waals surface area contributed by atoms with Crippen LogP contribution >= 0.6 is 0 Å². The van der Waals surface area contributed by atoms with Crippen LogP contribution in [0, 0.1) is 0 Å². The van der Waals surface area contributed by atoms with E-state index in [9.17, 15) is 13.6 Å². The van der Waals surface area contributed by atoms with Gasteiger partial charge in [0.2, 0.25) is 11.9 Å². The Labute approximate surface area is 129 Å². The predicted octanol–water partition coefficient (Wildman–Crippen LogP) is 1.65. The largest absolute Gasteiger partial charge is 0.434 e. The number of aromatic nitrogens is 3. The van der Waals surface area contributed by atoms with E-state index in [0.717, 1.165) is 0 Å². The van der Waals surface area contributed by atoms with Crippen LogP contribution in [0.5, 0.6) is 5.75 Å². The van der Waals surface area contributed by atoms with Crippen molar-refractivity contribution in [3.05, 3.63) is 47.4 Å². The van der Waals surface area contributed by atoms with Crippen molar-refractivity contribution in [2.24, 2.45) is 5.73 Å². The Bertz CT molecular complexity index is 787. The molecule has 2 heterocycles. The number of carbonyl (C=O) groups excluding carboxylic acids is 1. The molecule has 0 spiro atoms. The molecule has 1 aliphatic heterocycles. The Morgan fingerprint density at radius 1 is 1.43 bits per heavy atom. The van der Waals surface area contributed by atoms with Crippen LogP contribution in [0.1, 0.15) is 18.5 Å². The van der Waals surface area contributed by atoms with Crippen LogP contribution in [-0.4, -0.2) is 27.3 Å². The first-order chi connectivity index (χ1) is 11.0. The van der Waals surface area contributed by atoms with Gasteiger partial charge in [0.15, 0.2) is 0 Å². The molecule has 7 nitrogen and oxygen atoms in total. The third kappa shape index (κ3) is 2.60. The van der Waals surface area contributed by atoms with Crippen LogP contribution in [0.15, 0.2) is 41.9 Å². The van der Waals surface area contributed by atoms with E-state index < -0.39 is 18.6 Å². The van der Waals surface area contributed by atoms with Gasteiger partial charge < -0.3 is 15.8 Å². The number of rotatable bonds is 4. The maximum atomic E-state index is 12.7. The number of hydrogen-bond acceptors (Lipinski definition) is 5. The van der Waals surface area contributed by atoms with Gasteiger partial charge in [0, 0.05) is 11.3 Å². The number of nitrogens with two attached hydrogens (primary N) is 1. The van der Waals surface area contributed by atoms with Gasteiger partial charge in [-0.2, -0.15) is 18.9 Å². The number of anilines is 1. The Morgan fingerprint density at radius 2 is 2.17 bits per heavy atom. The molecule has 0 aliphatic carbocycles. The van der Waals surface area contributed by atoms with E-state index in [4.69, 9.17) is 5.73 Å². The highest BCUT2D eigenvalue weighted by Crippen LogP contribution is 2.38. The second-order valence-electron chi connectivity index (χ2n) is 4.88. The molecular formula is C14H13F2N5O2. The first-order valence-corrected chi connectivity index (χ1v) is 6.70. The molecule has 3 rings (SSSR count). The number of halogens is 2. The van der Waals surface area contributed by atoms with Crippen LogP contribution in [0.2, 0.25) is 0 Å². The molecule has 1 atom stereocenters. The maximum absolute atomic E-state index is 12.7. The summed E-state index contributed by atoms with van der Waals surface area (Å²) in [6.45, 7) is -1.34. The van der Waals surface area contributed by atoms with Gasteiger partial charge in [-0.15, -0.1) is 0 Å². The Balaban J connectivity index is 2.19. The fourth-order valence-corrected chi connectivity index (χ4v) is 2.61. The van der Waals surface area contributed by atoms with Crippen LogP contribution in [-0.2, 0) is 4.79 Å². The average molecular weight is 321 g/mol. The quantitative estimate of drug-likeness (QED) is 0.893. The minimum atomic E-state index is -2.99. The van der Waals surface area contributed by atoms with E-state index in [2.05, 4.69) is 20.1 Å². The van der Waals surface area contributed by atoms with Gasteiger partial charge in [-0.05, 0) is 13.0 Å². The smallest absolute Gasteiger partial charge is 0.387 e. The summed E-state index contributed by atoms with van der Waals surface area (Å²) in [5, 5.41) is 6.97. The summed E-state index contributed by atoms with van der Waals surface area (Å²) >= 11 is 0. The molecule has 1 unspecified atom stereocenters. The number of fused-ring (bicyclic) bond motifs is 1. The molecule has 1 aliphatic rings. The summed E-state index contributed by atoms with van der Waals surface area (Å²) in [6.07, 6.45) is 1.29. The number of ether oxygens (including phenoxy) is 1. The normalized spacial score (nSPS) is 17.0. The second kappa shape index (κ2) is 5.67. The molecule has 2 aromatic rings. The van der Waals surface area contributed by atoms with E-state index >= 15 is 0 Å². The molecule has 0 saturated carbocycles. The summed E-state index contributed by atoms with van der Waals surface area (Å²) in [5.74, 6) is -0.361. The van der Waals surface area contributed by atoms with Gasteiger partial charge >= 0.3 is 6.61 Å². The van der Waals surface area contributed by atoms with Crippen molar-refractivity contribution in [2.45, 2.75) is 19.6 Å². The van der Waals surface area contributed by atoms with Crippen molar-refractivity contribution in [1.82, 2.24) is 14.8 Å². The standard InChI is InChI=1S/C14H13F2N5O2/c1-7-10(12(17)22)11(21-14(20-7)18-6-19-21)8-4-2-3-5-9(8)23-13(15)16/h2-6,11,13H,1H3,(H2,17,22)(H,18,19,20). The SMILES string of the molecule is CC1=C(C(N)=O)C(c2ccccc2OC(F)F)n2ncnc2N1. The van der Waals surface area contributed by atoms with Gasteiger partial charge in [-0.1, -0.05) is 18.2 Å². The van der Waals surface area contributed by atoms with Gasteiger partial charge in [0.05, 0.1) is 5.57 Å². The number of para-hydroxylation sites is 1. The van der Waals surface area contributed by atoms with E-state index in [1.165, 1.54) is 17.1 Å². The van der Waals surface area contributed by atoms with Crippen molar-refractivity contribution >= 4 is 11.9 Å². The average Bonchev–Trinajstić information content (AvgIpc) is 2.93.